The number of amides is 2. The molecule has 0 radical (unpaired) electrons. The lowest BCUT2D eigenvalue weighted by Gasteiger charge is -2.22. The van der Waals surface area contributed by atoms with Gasteiger partial charge < -0.3 is 30.5 Å². The molecule has 0 unspecified atom stereocenters. The van der Waals surface area contributed by atoms with Gasteiger partial charge in [-0.3, -0.25) is 19.0 Å². The monoisotopic (exact) mass is 518 g/mol. The van der Waals surface area contributed by atoms with Crippen LogP contribution in [0.3, 0.4) is 0 Å². The number of hydrogen-bond acceptors (Lipinski definition) is 10. The Balaban J connectivity index is 2.29. The molecule has 194 valence electrons. The van der Waals surface area contributed by atoms with Gasteiger partial charge in [0, 0.05) is 19.9 Å². The van der Waals surface area contributed by atoms with Crippen LogP contribution in [0.25, 0.3) is 11.8 Å². The van der Waals surface area contributed by atoms with E-state index < -0.39 is 11.4 Å². The maximum Gasteiger partial charge on any atom is 0.270 e. The molecule has 0 aliphatic carbocycles. The van der Waals surface area contributed by atoms with Gasteiger partial charge in [-0.05, 0) is 32.9 Å². The number of ether oxygens (including phenoxy) is 2. The third-order valence-electron chi connectivity index (χ3n) is 4.66. The summed E-state index contributed by atoms with van der Waals surface area (Å²) in [5.74, 6) is -0.418. The normalized spacial score (nSPS) is 12.6. The lowest BCUT2D eigenvalue weighted by molar-refractivity contribution is -0.121. The molecule has 36 heavy (non-hydrogen) atoms. The van der Waals surface area contributed by atoms with Crippen LogP contribution in [0.1, 0.15) is 20.8 Å². The minimum Gasteiger partial charge on any atom is -0.394 e. The summed E-state index contributed by atoms with van der Waals surface area (Å²) in [6.07, 6.45) is 1.43. The van der Waals surface area contributed by atoms with E-state index in [1.807, 2.05) is 6.07 Å². The van der Waals surface area contributed by atoms with Crippen molar-refractivity contribution in [3.63, 3.8) is 0 Å². The summed E-state index contributed by atoms with van der Waals surface area (Å²) in [5, 5.41) is 27.2. The number of nitriles is 1. The quantitative estimate of drug-likeness (QED) is 0.267. The zero-order valence-corrected chi connectivity index (χ0v) is 21.4. The molecule has 4 N–H and O–H groups in total. The summed E-state index contributed by atoms with van der Waals surface area (Å²) in [4.78, 5) is 41.8. The summed E-state index contributed by atoms with van der Waals surface area (Å²) in [7, 11) is 1.54. The predicted molar refractivity (Wildman–Crippen MR) is 135 cm³/mol. The highest BCUT2D eigenvalue weighted by atomic mass is 32.1. The Kier molecular flexibility index (Phi) is 10.8. The maximum absolute atomic E-state index is 12.9. The zero-order chi connectivity index (χ0) is 26.7. The molecular weight excluding hydrogens is 488 g/mol. The van der Waals surface area contributed by atoms with Crippen LogP contribution in [0, 0.1) is 11.3 Å². The molecule has 0 atom stereocenters. The lowest BCUT2D eigenvalue weighted by Crippen LogP contribution is -2.47. The van der Waals surface area contributed by atoms with Gasteiger partial charge in [0.1, 0.15) is 33.5 Å². The number of nitrogens with zero attached hydrogens (tertiary/aromatic N) is 3. The van der Waals surface area contributed by atoms with Crippen molar-refractivity contribution in [2.24, 2.45) is 0 Å². The van der Waals surface area contributed by atoms with Crippen LogP contribution < -0.4 is 30.7 Å². The first-order valence-corrected chi connectivity index (χ1v) is 11.8. The van der Waals surface area contributed by atoms with Crippen LogP contribution >= 0.6 is 11.3 Å². The Morgan fingerprint density at radius 1 is 1.31 bits per heavy atom. The Bertz CT molecular complexity index is 1290. The third kappa shape index (κ3) is 7.99. The van der Waals surface area contributed by atoms with Gasteiger partial charge in [0.2, 0.25) is 0 Å². The third-order valence-corrected chi connectivity index (χ3v) is 5.79. The molecular formula is C23H30N6O6S. The van der Waals surface area contributed by atoms with E-state index in [4.69, 9.17) is 9.47 Å². The van der Waals surface area contributed by atoms with E-state index in [0.29, 0.717) is 12.4 Å². The highest BCUT2D eigenvalue weighted by Crippen LogP contribution is 2.09. The van der Waals surface area contributed by atoms with Gasteiger partial charge in [-0.2, -0.15) is 5.26 Å². The van der Waals surface area contributed by atoms with Crippen molar-refractivity contribution in [1.82, 2.24) is 14.9 Å². The fourth-order valence-electron chi connectivity index (χ4n) is 2.81. The van der Waals surface area contributed by atoms with Gasteiger partial charge >= 0.3 is 0 Å². The maximum atomic E-state index is 12.9. The van der Waals surface area contributed by atoms with Crippen molar-refractivity contribution in [2.45, 2.75) is 32.9 Å². The van der Waals surface area contributed by atoms with Crippen molar-refractivity contribution in [3.05, 3.63) is 37.7 Å². The second-order valence-electron chi connectivity index (χ2n) is 8.09. The van der Waals surface area contributed by atoms with Gasteiger partial charge in [-0.25, -0.2) is 4.98 Å². The summed E-state index contributed by atoms with van der Waals surface area (Å²) in [5.41, 5.74) is -1.55. The molecule has 0 fully saturated rings. The number of rotatable bonds is 12. The van der Waals surface area contributed by atoms with E-state index in [1.54, 1.807) is 39.0 Å². The molecule has 2 aromatic rings. The van der Waals surface area contributed by atoms with Crippen LogP contribution in [0.2, 0.25) is 0 Å². The SMILES string of the molecule is CCn1c(=O)/c(=C\Nc2cccc(NC(=O)COCCOC)n2)s/c1=C(/C#N)C(=O)NC(C)(C)CO. The summed E-state index contributed by atoms with van der Waals surface area (Å²) in [6, 6.07) is 6.79. The average Bonchev–Trinajstić information content (AvgIpc) is 3.15. The number of aromatic nitrogens is 2. The molecule has 12 nitrogen and oxygen atoms in total. The molecule has 0 spiro atoms. The van der Waals surface area contributed by atoms with Gasteiger partial charge in [0.15, 0.2) is 5.57 Å². The fraction of sp³-hybridized carbons (Fsp3) is 0.435. The summed E-state index contributed by atoms with van der Waals surface area (Å²) >= 11 is 0.978. The molecule has 13 heteroatoms. The Morgan fingerprint density at radius 2 is 2.03 bits per heavy atom. The molecule has 2 aromatic heterocycles. The second kappa shape index (κ2) is 13.5. The minimum atomic E-state index is -0.938. The van der Waals surface area contributed by atoms with Crippen LogP contribution in [0.4, 0.5) is 11.6 Å². The number of nitrogens with one attached hydrogen (secondary N) is 3. The smallest absolute Gasteiger partial charge is 0.270 e. The molecule has 2 amide bonds. The first-order chi connectivity index (χ1) is 17.1. The molecule has 0 aliphatic heterocycles. The first-order valence-electron chi connectivity index (χ1n) is 11.0. The summed E-state index contributed by atoms with van der Waals surface area (Å²) < 4.78 is 11.8. The number of aliphatic hydroxyl groups excluding tert-OH is 1. The van der Waals surface area contributed by atoms with E-state index in [9.17, 15) is 24.8 Å². The number of aliphatic hydroxyl groups is 1. The Morgan fingerprint density at radius 3 is 2.67 bits per heavy atom. The lowest BCUT2D eigenvalue weighted by atomic mass is 10.1. The van der Waals surface area contributed by atoms with Crippen LogP contribution in [0.5, 0.6) is 0 Å². The largest absolute Gasteiger partial charge is 0.394 e. The predicted octanol–water partition coefficient (Wildman–Crippen LogP) is -0.662. The van der Waals surface area contributed by atoms with Crippen molar-refractivity contribution >= 4 is 46.6 Å². The van der Waals surface area contributed by atoms with E-state index in [1.165, 1.54) is 17.9 Å². The molecule has 0 aliphatic rings. The number of thiazole rings is 1. The Hall–Kier alpha value is -3.57. The van der Waals surface area contributed by atoms with E-state index in [0.717, 1.165) is 11.3 Å². The highest BCUT2D eigenvalue weighted by molar-refractivity contribution is 7.07. The fourth-order valence-corrected chi connectivity index (χ4v) is 3.89. The van der Waals surface area contributed by atoms with Crippen molar-refractivity contribution in [3.8, 4) is 6.07 Å². The number of pyridine rings is 1. The number of anilines is 2. The van der Waals surface area contributed by atoms with Gasteiger partial charge in [0.05, 0.1) is 25.4 Å². The van der Waals surface area contributed by atoms with E-state index in [2.05, 4.69) is 20.9 Å². The van der Waals surface area contributed by atoms with Crippen LogP contribution in [-0.4, -0.2) is 65.5 Å². The molecule has 0 saturated carbocycles. The van der Waals surface area contributed by atoms with E-state index >= 15 is 0 Å². The van der Waals surface area contributed by atoms with Gasteiger partial charge in [-0.15, -0.1) is 11.3 Å². The molecule has 0 bridgehead atoms. The highest BCUT2D eigenvalue weighted by Gasteiger charge is 2.23. The zero-order valence-electron chi connectivity index (χ0n) is 20.6. The second-order valence-corrected chi connectivity index (χ2v) is 9.12. The molecule has 0 saturated heterocycles. The van der Waals surface area contributed by atoms with Gasteiger partial charge in [0.25, 0.3) is 17.4 Å². The number of carbonyl (C=O) groups is 2. The first kappa shape index (κ1) is 28.7. The molecule has 0 aromatic carbocycles. The number of methoxy groups -OCH3 is 1. The van der Waals surface area contributed by atoms with Gasteiger partial charge in [-0.1, -0.05) is 6.07 Å². The van der Waals surface area contributed by atoms with Crippen molar-refractivity contribution in [1.29, 1.82) is 5.26 Å². The topological polar surface area (TPSA) is 168 Å². The Labute approximate surface area is 211 Å². The minimum absolute atomic E-state index is 0.149. The summed E-state index contributed by atoms with van der Waals surface area (Å²) in [6.45, 7) is 5.40. The van der Waals surface area contributed by atoms with Crippen LogP contribution in [0.15, 0.2) is 23.0 Å². The van der Waals surface area contributed by atoms with E-state index in [-0.39, 0.29) is 58.4 Å². The average molecular weight is 519 g/mol. The number of hydrogen-bond donors (Lipinski definition) is 4. The molecule has 2 heterocycles. The van der Waals surface area contributed by atoms with Crippen LogP contribution in [-0.2, 0) is 25.6 Å². The molecule has 2 rings (SSSR count). The number of carbonyl (C=O) groups excluding carboxylic acids is 2. The van der Waals surface area contributed by atoms with Crippen molar-refractivity contribution in [2.75, 3.05) is 44.2 Å². The standard InChI is InChI=1S/C23H30N6O6S/c1-5-29-21(33)16(36-22(29)15(11-24)20(32)28-23(2,3)14-30)12-25-17-7-6-8-18(26-17)27-19(31)13-35-10-9-34-4/h6-8,12,30H,5,9-10,13-14H2,1-4H3,(H,28,32)(H2,25,26,27,31)/b16-12+,22-15-. The van der Waals surface area contributed by atoms with Crippen molar-refractivity contribution < 1.29 is 24.2 Å².